The number of thiophene rings is 1. The molecule has 11 rings (SSSR count). The van der Waals surface area contributed by atoms with E-state index >= 15 is 0 Å². The molecule has 0 saturated heterocycles. The van der Waals surface area contributed by atoms with Gasteiger partial charge >= 0.3 is 0 Å². The summed E-state index contributed by atoms with van der Waals surface area (Å²) >= 11 is 1.86. The van der Waals surface area contributed by atoms with E-state index in [2.05, 4.69) is 241 Å². The van der Waals surface area contributed by atoms with Crippen LogP contribution in [-0.4, -0.2) is 0 Å². The number of benzene rings is 10. The van der Waals surface area contributed by atoms with Gasteiger partial charge in [-0.15, -0.1) is 11.3 Å². The zero-order valence-electron chi connectivity index (χ0n) is 32.9. The van der Waals surface area contributed by atoms with E-state index in [0.29, 0.717) is 0 Å². The van der Waals surface area contributed by atoms with Crippen LogP contribution in [0.2, 0.25) is 0 Å². The molecule has 2 heteroatoms. The Bertz CT molecular complexity index is 3290. The highest BCUT2D eigenvalue weighted by Crippen LogP contribution is 2.44. The molecule has 0 unspecified atom stereocenters. The van der Waals surface area contributed by atoms with E-state index < -0.39 is 0 Å². The fourth-order valence-electron chi connectivity index (χ4n) is 8.88. The second kappa shape index (κ2) is 15.3. The van der Waals surface area contributed by atoms with Crippen molar-refractivity contribution in [3.63, 3.8) is 0 Å². The molecule has 0 aliphatic carbocycles. The third kappa shape index (κ3) is 6.44. The summed E-state index contributed by atoms with van der Waals surface area (Å²) in [4.78, 5) is 2.40. The first-order valence-corrected chi connectivity index (χ1v) is 21.3. The second-order valence-electron chi connectivity index (χ2n) is 15.2. The first-order valence-electron chi connectivity index (χ1n) is 20.5. The smallest absolute Gasteiger partial charge is 0.0476 e. The highest BCUT2D eigenvalue weighted by molar-refractivity contribution is 7.25. The van der Waals surface area contributed by atoms with E-state index in [0.717, 1.165) is 17.1 Å². The number of hydrogen-bond donors (Lipinski definition) is 0. The van der Waals surface area contributed by atoms with Gasteiger partial charge in [0.15, 0.2) is 0 Å². The summed E-state index contributed by atoms with van der Waals surface area (Å²) in [5.41, 5.74) is 15.5. The summed E-state index contributed by atoms with van der Waals surface area (Å²) in [5.74, 6) is 0. The number of anilines is 3. The molecule has 0 bridgehead atoms. The normalized spacial score (nSPS) is 11.3. The first kappa shape index (κ1) is 35.6. The van der Waals surface area contributed by atoms with E-state index in [1.165, 1.54) is 86.6 Å². The van der Waals surface area contributed by atoms with Gasteiger partial charge in [-0.25, -0.2) is 0 Å². The van der Waals surface area contributed by atoms with Crippen LogP contribution in [0.3, 0.4) is 0 Å². The maximum absolute atomic E-state index is 2.40. The van der Waals surface area contributed by atoms with Crippen LogP contribution in [0.4, 0.5) is 17.1 Å². The molecule has 11 aromatic rings. The Balaban J connectivity index is 1.02. The Morgan fingerprint density at radius 3 is 1.27 bits per heavy atom. The Morgan fingerprint density at radius 1 is 0.267 bits per heavy atom. The van der Waals surface area contributed by atoms with Gasteiger partial charge in [-0.3, -0.25) is 0 Å². The van der Waals surface area contributed by atoms with Crippen molar-refractivity contribution in [1.82, 2.24) is 0 Å². The molecule has 0 amide bonds. The zero-order valence-corrected chi connectivity index (χ0v) is 33.7. The Hall–Kier alpha value is -7.52. The minimum absolute atomic E-state index is 1.10. The summed E-state index contributed by atoms with van der Waals surface area (Å²) in [7, 11) is 0. The molecular weight excluding hydrogens is 743 g/mol. The van der Waals surface area contributed by atoms with Gasteiger partial charge in [-0.2, -0.15) is 0 Å². The Morgan fingerprint density at radius 2 is 0.683 bits per heavy atom. The largest absolute Gasteiger partial charge is 0.310 e. The molecule has 1 heterocycles. The van der Waals surface area contributed by atoms with Crippen LogP contribution >= 0.6 is 11.3 Å². The average molecular weight is 782 g/mol. The molecule has 0 radical (unpaired) electrons. The van der Waals surface area contributed by atoms with Gasteiger partial charge in [0, 0.05) is 37.2 Å². The lowest BCUT2D eigenvalue weighted by molar-refractivity contribution is 1.29. The summed E-state index contributed by atoms with van der Waals surface area (Å²) < 4.78 is 2.59. The van der Waals surface area contributed by atoms with Crippen LogP contribution in [0.5, 0.6) is 0 Å². The quantitative estimate of drug-likeness (QED) is 0.148. The predicted molar refractivity (Wildman–Crippen MR) is 259 cm³/mol. The van der Waals surface area contributed by atoms with Gasteiger partial charge in [0.25, 0.3) is 0 Å². The monoisotopic (exact) mass is 781 g/mol. The highest BCUT2D eigenvalue weighted by Gasteiger charge is 2.18. The van der Waals surface area contributed by atoms with Crippen molar-refractivity contribution in [3.05, 3.63) is 237 Å². The highest BCUT2D eigenvalue weighted by atomic mass is 32.1. The standard InChI is InChI=1S/C58H39NS/c1-3-15-40(16-4-1)48-21-7-9-23-52(48)53-24-10-8-22-49(53)42-29-33-45(34-30-42)59(47-37-38-55-54-25-11-12-28-56(54)60-57(55)39-47)46-35-31-43(32-36-46)51-27-14-20-44-19-13-26-50(58(44)51)41-17-5-2-6-18-41/h1-39H. The summed E-state index contributed by atoms with van der Waals surface area (Å²) in [6.45, 7) is 0. The topological polar surface area (TPSA) is 3.24 Å². The summed E-state index contributed by atoms with van der Waals surface area (Å²) in [6.07, 6.45) is 0. The zero-order chi connectivity index (χ0) is 39.8. The lowest BCUT2D eigenvalue weighted by Crippen LogP contribution is -2.09. The molecule has 0 N–H and O–H groups in total. The molecule has 0 spiro atoms. The molecule has 0 aliphatic rings. The molecule has 0 atom stereocenters. The number of rotatable bonds is 8. The maximum atomic E-state index is 2.40. The van der Waals surface area contributed by atoms with Crippen molar-refractivity contribution in [1.29, 1.82) is 0 Å². The fourth-order valence-corrected chi connectivity index (χ4v) is 10.0. The third-order valence-corrected chi connectivity index (χ3v) is 12.8. The van der Waals surface area contributed by atoms with Gasteiger partial charge in [0.1, 0.15) is 0 Å². The fraction of sp³-hybridized carbons (Fsp3) is 0. The van der Waals surface area contributed by atoms with Gasteiger partial charge in [0.2, 0.25) is 0 Å². The molecular formula is C58H39NS. The number of fused-ring (bicyclic) bond motifs is 4. The number of hydrogen-bond acceptors (Lipinski definition) is 2. The van der Waals surface area contributed by atoms with Gasteiger partial charge in [-0.05, 0) is 109 Å². The van der Waals surface area contributed by atoms with Crippen LogP contribution in [0.1, 0.15) is 0 Å². The second-order valence-corrected chi connectivity index (χ2v) is 16.3. The van der Waals surface area contributed by atoms with E-state index in [-0.39, 0.29) is 0 Å². The molecule has 10 aromatic carbocycles. The van der Waals surface area contributed by atoms with Gasteiger partial charge < -0.3 is 4.90 Å². The van der Waals surface area contributed by atoms with Crippen molar-refractivity contribution in [2.24, 2.45) is 0 Å². The van der Waals surface area contributed by atoms with E-state index in [4.69, 9.17) is 0 Å². The van der Waals surface area contributed by atoms with Crippen molar-refractivity contribution >= 4 is 59.3 Å². The first-order chi connectivity index (χ1) is 29.8. The van der Waals surface area contributed by atoms with Crippen LogP contribution in [0.25, 0.3) is 86.6 Å². The third-order valence-electron chi connectivity index (χ3n) is 11.7. The van der Waals surface area contributed by atoms with Crippen molar-refractivity contribution in [3.8, 4) is 55.6 Å². The van der Waals surface area contributed by atoms with Crippen molar-refractivity contribution in [2.75, 3.05) is 4.90 Å². The SMILES string of the molecule is c1ccc(-c2ccccc2-c2ccccc2-c2ccc(N(c3ccc(-c4cccc5cccc(-c6ccccc6)c45)cc3)c3ccc4c(c3)sc3ccccc34)cc2)cc1. The lowest BCUT2D eigenvalue weighted by Gasteiger charge is -2.26. The predicted octanol–water partition coefficient (Wildman–Crippen LogP) is 17.0. The van der Waals surface area contributed by atoms with Crippen molar-refractivity contribution in [2.45, 2.75) is 0 Å². The average Bonchev–Trinajstić information content (AvgIpc) is 3.70. The van der Waals surface area contributed by atoms with Crippen LogP contribution in [-0.2, 0) is 0 Å². The molecule has 0 saturated carbocycles. The molecule has 1 aromatic heterocycles. The lowest BCUT2D eigenvalue weighted by atomic mass is 9.89. The summed E-state index contributed by atoms with van der Waals surface area (Å²) in [5, 5.41) is 5.11. The molecule has 1 nitrogen and oxygen atoms in total. The molecule has 0 fully saturated rings. The van der Waals surface area contributed by atoms with Gasteiger partial charge in [0.05, 0.1) is 0 Å². The minimum atomic E-state index is 1.10. The van der Waals surface area contributed by atoms with Crippen LogP contribution in [0, 0.1) is 0 Å². The van der Waals surface area contributed by atoms with E-state index in [9.17, 15) is 0 Å². The minimum Gasteiger partial charge on any atom is -0.310 e. The Kier molecular flexibility index (Phi) is 9.11. The van der Waals surface area contributed by atoms with Crippen LogP contribution < -0.4 is 4.90 Å². The van der Waals surface area contributed by atoms with Crippen molar-refractivity contribution < 1.29 is 0 Å². The molecule has 0 aliphatic heterocycles. The van der Waals surface area contributed by atoms with E-state index in [1.54, 1.807) is 0 Å². The van der Waals surface area contributed by atoms with Gasteiger partial charge in [-0.1, -0.05) is 194 Å². The number of nitrogens with zero attached hydrogens (tertiary/aromatic N) is 1. The molecule has 60 heavy (non-hydrogen) atoms. The van der Waals surface area contributed by atoms with Crippen LogP contribution in [0.15, 0.2) is 237 Å². The summed E-state index contributed by atoms with van der Waals surface area (Å²) in [6, 6.07) is 86.0. The van der Waals surface area contributed by atoms with E-state index in [1.807, 2.05) is 11.3 Å². The maximum Gasteiger partial charge on any atom is 0.0476 e. The molecule has 282 valence electrons. The Labute approximate surface area is 354 Å².